The van der Waals surface area contributed by atoms with Crippen molar-refractivity contribution in [3.63, 3.8) is 0 Å². The zero-order valence-corrected chi connectivity index (χ0v) is 19.6. The summed E-state index contributed by atoms with van der Waals surface area (Å²) in [6.07, 6.45) is 0. The third-order valence-electron chi connectivity index (χ3n) is 7.43. The van der Waals surface area contributed by atoms with Gasteiger partial charge in [0.2, 0.25) is 0 Å². The van der Waals surface area contributed by atoms with Gasteiger partial charge in [0.05, 0.1) is 0 Å². The first kappa shape index (κ1) is 18.4. The molecule has 0 fully saturated rings. The Morgan fingerprint density at radius 1 is 0.531 bits per heavy atom. The number of hydrogen-bond donors (Lipinski definition) is 0. The van der Waals surface area contributed by atoms with E-state index in [1.807, 2.05) is 0 Å². The van der Waals surface area contributed by atoms with Gasteiger partial charge in [0.25, 0.3) is 0 Å². The molecular weight excluding hydrogens is 452 g/mol. The van der Waals surface area contributed by atoms with Crippen LogP contribution in [0.25, 0.3) is 54.6 Å². The van der Waals surface area contributed by atoms with E-state index in [1.54, 1.807) is 0 Å². The van der Waals surface area contributed by atoms with Gasteiger partial charge in [0.15, 0.2) is 0 Å². The standard InChI is InChI=1S/C31H21Br/c1-31(2)27-13-10-20(16-26(27)25-12-11-24(32)17-28(25)31)23-14-21-8-6-18-4-3-5-19-7-9-22(15-23)30(21)29(18)19/h3-17H,1-2H3. The summed E-state index contributed by atoms with van der Waals surface area (Å²) in [5.41, 5.74) is 8.10. The van der Waals surface area contributed by atoms with Gasteiger partial charge in [-0.05, 0) is 96.0 Å². The van der Waals surface area contributed by atoms with Crippen LogP contribution < -0.4 is 0 Å². The normalized spacial score (nSPS) is 14.3. The molecule has 0 heterocycles. The molecule has 0 spiro atoms. The van der Waals surface area contributed by atoms with E-state index in [1.165, 1.54) is 65.7 Å². The quantitative estimate of drug-likeness (QED) is 0.209. The number of benzene rings is 6. The first-order valence-electron chi connectivity index (χ1n) is 11.1. The molecule has 1 aliphatic carbocycles. The average Bonchev–Trinajstić information content (AvgIpc) is 3.03. The van der Waals surface area contributed by atoms with Crippen LogP contribution in [0.4, 0.5) is 0 Å². The molecule has 6 aromatic rings. The first-order chi connectivity index (χ1) is 15.5. The van der Waals surface area contributed by atoms with Crippen LogP contribution in [0.5, 0.6) is 0 Å². The van der Waals surface area contributed by atoms with Crippen LogP contribution in [0, 0.1) is 0 Å². The van der Waals surface area contributed by atoms with Crippen molar-refractivity contribution >= 4 is 48.2 Å². The summed E-state index contributed by atoms with van der Waals surface area (Å²) in [5.74, 6) is 0. The van der Waals surface area contributed by atoms with Gasteiger partial charge < -0.3 is 0 Å². The van der Waals surface area contributed by atoms with Crippen molar-refractivity contribution in [2.24, 2.45) is 0 Å². The van der Waals surface area contributed by atoms with Gasteiger partial charge in [0.1, 0.15) is 0 Å². The summed E-state index contributed by atoms with van der Waals surface area (Å²) in [7, 11) is 0. The molecule has 0 aromatic heterocycles. The molecule has 1 aliphatic rings. The summed E-state index contributed by atoms with van der Waals surface area (Å²) in [6, 6.07) is 34.1. The minimum atomic E-state index is 0.0143. The molecule has 0 unspecified atom stereocenters. The Kier molecular flexibility index (Phi) is 3.57. The topological polar surface area (TPSA) is 0 Å². The van der Waals surface area contributed by atoms with E-state index in [0.29, 0.717) is 0 Å². The van der Waals surface area contributed by atoms with Crippen LogP contribution in [0.15, 0.2) is 95.5 Å². The highest BCUT2D eigenvalue weighted by Gasteiger charge is 2.35. The van der Waals surface area contributed by atoms with Crippen LogP contribution in [0.1, 0.15) is 25.0 Å². The Balaban J connectivity index is 1.48. The summed E-state index contributed by atoms with van der Waals surface area (Å²) >= 11 is 3.67. The lowest BCUT2D eigenvalue weighted by Crippen LogP contribution is -2.14. The molecule has 0 nitrogen and oxygen atoms in total. The van der Waals surface area contributed by atoms with E-state index >= 15 is 0 Å². The maximum absolute atomic E-state index is 3.67. The smallest absolute Gasteiger partial charge is 0.0178 e. The van der Waals surface area contributed by atoms with Gasteiger partial charge >= 0.3 is 0 Å². The van der Waals surface area contributed by atoms with Crippen molar-refractivity contribution in [2.45, 2.75) is 19.3 Å². The van der Waals surface area contributed by atoms with Crippen molar-refractivity contribution in [2.75, 3.05) is 0 Å². The molecule has 0 saturated heterocycles. The molecule has 0 N–H and O–H groups in total. The largest absolute Gasteiger partial charge is 0.0610 e. The van der Waals surface area contributed by atoms with Gasteiger partial charge in [-0.15, -0.1) is 0 Å². The zero-order valence-electron chi connectivity index (χ0n) is 18.0. The van der Waals surface area contributed by atoms with Gasteiger partial charge in [-0.1, -0.05) is 90.4 Å². The second kappa shape index (κ2) is 6.21. The highest BCUT2D eigenvalue weighted by molar-refractivity contribution is 9.10. The Labute approximate surface area is 196 Å². The molecule has 0 atom stereocenters. The highest BCUT2D eigenvalue weighted by atomic mass is 79.9. The number of hydrogen-bond acceptors (Lipinski definition) is 0. The van der Waals surface area contributed by atoms with Crippen LogP contribution in [0.3, 0.4) is 0 Å². The van der Waals surface area contributed by atoms with E-state index in [4.69, 9.17) is 0 Å². The summed E-state index contributed by atoms with van der Waals surface area (Å²) in [6.45, 7) is 4.66. The Morgan fingerprint density at radius 3 is 1.91 bits per heavy atom. The fraction of sp³-hybridized carbons (Fsp3) is 0.0968. The maximum atomic E-state index is 3.67. The van der Waals surface area contributed by atoms with E-state index in [2.05, 4.69) is 121 Å². The molecular formula is C31H21Br. The second-order valence-corrected chi connectivity index (χ2v) is 10.5. The van der Waals surface area contributed by atoms with Crippen molar-refractivity contribution < 1.29 is 0 Å². The van der Waals surface area contributed by atoms with Gasteiger partial charge in [0, 0.05) is 9.89 Å². The molecule has 1 heteroatoms. The lowest BCUT2D eigenvalue weighted by molar-refractivity contribution is 0.660. The van der Waals surface area contributed by atoms with E-state index in [9.17, 15) is 0 Å². The minimum absolute atomic E-state index is 0.0143. The predicted molar refractivity (Wildman–Crippen MR) is 141 cm³/mol. The number of fused-ring (bicyclic) bond motifs is 3. The minimum Gasteiger partial charge on any atom is -0.0610 e. The van der Waals surface area contributed by atoms with Crippen LogP contribution in [0.2, 0.25) is 0 Å². The van der Waals surface area contributed by atoms with E-state index in [0.717, 1.165) is 4.47 Å². The number of halogens is 1. The molecule has 0 bridgehead atoms. The summed E-state index contributed by atoms with van der Waals surface area (Å²) in [4.78, 5) is 0. The zero-order chi connectivity index (χ0) is 21.6. The van der Waals surface area contributed by atoms with Gasteiger partial charge in [-0.2, -0.15) is 0 Å². The van der Waals surface area contributed by atoms with Crippen LogP contribution >= 0.6 is 15.9 Å². The number of rotatable bonds is 1. The van der Waals surface area contributed by atoms with Crippen molar-refractivity contribution in [1.29, 1.82) is 0 Å². The fourth-order valence-corrected chi connectivity index (χ4v) is 6.19. The Bertz CT molecular complexity index is 1640. The lowest BCUT2D eigenvalue weighted by atomic mass is 9.82. The third-order valence-corrected chi connectivity index (χ3v) is 7.93. The van der Waals surface area contributed by atoms with Gasteiger partial charge in [-0.25, -0.2) is 0 Å². The van der Waals surface area contributed by atoms with Crippen LogP contribution in [-0.4, -0.2) is 0 Å². The molecule has 0 amide bonds. The van der Waals surface area contributed by atoms with Crippen molar-refractivity contribution in [3.05, 3.63) is 107 Å². The summed E-state index contributed by atoms with van der Waals surface area (Å²) in [5, 5.41) is 8.01. The van der Waals surface area contributed by atoms with E-state index < -0.39 is 0 Å². The molecule has 0 saturated carbocycles. The highest BCUT2D eigenvalue weighted by Crippen LogP contribution is 2.50. The molecule has 32 heavy (non-hydrogen) atoms. The molecule has 0 radical (unpaired) electrons. The van der Waals surface area contributed by atoms with E-state index in [-0.39, 0.29) is 5.41 Å². The predicted octanol–water partition coefficient (Wildman–Crippen LogP) is 9.32. The Morgan fingerprint density at radius 2 is 1.19 bits per heavy atom. The molecule has 0 aliphatic heterocycles. The molecule has 152 valence electrons. The van der Waals surface area contributed by atoms with Gasteiger partial charge in [-0.3, -0.25) is 0 Å². The summed E-state index contributed by atoms with van der Waals surface area (Å²) < 4.78 is 1.14. The van der Waals surface area contributed by atoms with Crippen molar-refractivity contribution in [3.8, 4) is 22.3 Å². The molecule has 6 aromatic carbocycles. The average molecular weight is 473 g/mol. The maximum Gasteiger partial charge on any atom is 0.0178 e. The Hall–Kier alpha value is -3.16. The molecule has 7 rings (SSSR count). The third kappa shape index (κ3) is 2.38. The van der Waals surface area contributed by atoms with Crippen molar-refractivity contribution in [1.82, 2.24) is 0 Å². The first-order valence-corrected chi connectivity index (χ1v) is 11.9. The van der Waals surface area contributed by atoms with Crippen LogP contribution in [-0.2, 0) is 5.41 Å². The monoisotopic (exact) mass is 472 g/mol. The lowest BCUT2D eigenvalue weighted by Gasteiger charge is -2.21. The second-order valence-electron chi connectivity index (χ2n) is 9.58. The fourth-order valence-electron chi connectivity index (χ4n) is 5.83. The SMILES string of the molecule is CC1(C)c2ccc(-c3cc4ccc5cccc6ccc(c3)c4c56)cc2-c2ccc(Br)cc21.